The van der Waals surface area contributed by atoms with Gasteiger partial charge in [0.1, 0.15) is 0 Å². The molecule has 0 bridgehead atoms. The number of likely N-dealkylation sites (N-methyl/N-ethyl adjacent to an activating group) is 1. The van der Waals surface area contributed by atoms with Gasteiger partial charge in [0.25, 0.3) is 0 Å². The number of carbonyl (C=O) groups excluding carboxylic acids is 1. The normalized spacial score (nSPS) is 30.4. The molecule has 5 nitrogen and oxygen atoms in total. The highest BCUT2D eigenvalue weighted by molar-refractivity contribution is 5.85. The number of carboxylic acids is 1. The monoisotopic (exact) mass is 296 g/mol. The maximum Gasteiger partial charge on any atom is 0.307 e. The highest BCUT2D eigenvalue weighted by Gasteiger charge is 2.42. The molecule has 2 fully saturated rings. The SMILES string of the molecule is CCC1CC(C(=O)O)C(C(=O)NCC(C)N(C)C2CC2)C1. The molecule has 2 saturated carbocycles. The second kappa shape index (κ2) is 6.77. The standard InChI is InChI=1S/C16H28N2O3/c1-4-11-7-13(14(8-11)16(20)21)15(19)17-9-10(2)18(3)12-5-6-12/h10-14H,4-9H2,1-3H3,(H,17,19)(H,20,21). The van der Waals surface area contributed by atoms with Crippen LogP contribution in [-0.4, -0.2) is 47.6 Å². The molecule has 0 aromatic heterocycles. The Hall–Kier alpha value is -1.10. The molecule has 1 amide bonds. The molecule has 0 radical (unpaired) electrons. The number of amides is 1. The number of hydrogen-bond donors (Lipinski definition) is 2. The van der Waals surface area contributed by atoms with Crippen molar-refractivity contribution in [3.63, 3.8) is 0 Å². The predicted octanol–water partition coefficient (Wildman–Crippen LogP) is 1.72. The average molecular weight is 296 g/mol. The first-order valence-corrected chi connectivity index (χ1v) is 8.16. The zero-order chi connectivity index (χ0) is 15.6. The molecule has 2 rings (SSSR count). The van der Waals surface area contributed by atoms with Crippen LogP contribution in [0, 0.1) is 17.8 Å². The number of rotatable bonds is 7. The zero-order valence-electron chi connectivity index (χ0n) is 13.3. The summed E-state index contributed by atoms with van der Waals surface area (Å²) in [4.78, 5) is 26.0. The van der Waals surface area contributed by atoms with Crippen LogP contribution in [0.15, 0.2) is 0 Å². The summed E-state index contributed by atoms with van der Waals surface area (Å²) >= 11 is 0. The molecule has 0 saturated heterocycles. The van der Waals surface area contributed by atoms with Gasteiger partial charge in [-0.05, 0) is 45.6 Å². The zero-order valence-corrected chi connectivity index (χ0v) is 13.3. The average Bonchev–Trinajstić information content (AvgIpc) is 3.21. The molecule has 0 aliphatic heterocycles. The molecule has 2 aliphatic carbocycles. The molecule has 4 unspecified atom stereocenters. The van der Waals surface area contributed by atoms with Crippen LogP contribution in [0.2, 0.25) is 0 Å². The van der Waals surface area contributed by atoms with Crippen molar-refractivity contribution >= 4 is 11.9 Å². The maximum absolute atomic E-state index is 12.3. The minimum atomic E-state index is -0.825. The van der Waals surface area contributed by atoms with Crippen molar-refractivity contribution in [2.45, 2.75) is 58.0 Å². The third-order valence-corrected chi connectivity index (χ3v) is 5.28. The van der Waals surface area contributed by atoms with E-state index in [9.17, 15) is 14.7 Å². The Labute approximate surface area is 127 Å². The van der Waals surface area contributed by atoms with Gasteiger partial charge in [-0.1, -0.05) is 13.3 Å². The van der Waals surface area contributed by atoms with Crippen molar-refractivity contribution in [3.8, 4) is 0 Å². The number of hydrogen-bond acceptors (Lipinski definition) is 3. The number of aliphatic carboxylic acids is 1. The van der Waals surface area contributed by atoms with Gasteiger partial charge in [0.05, 0.1) is 11.8 Å². The van der Waals surface area contributed by atoms with Gasteiger partial charge in [-0.2, -0.15) is 0 Å². The lowest BCUT2D eigenvalue weighted by atomic mass is 9.95. The van der Waals surface area contributed by atoms with E-state index in [1.807, 2.05) is 0 Å². The van der Waals surface area contributed by atoms with Gasteiger partial charge < -0.3 is 10.4 Å². The third-order valence-electron chi connectivity index (χ3n) is 5.28. The molecular formula is C16H28N2O3. The van der Waals surface area contributed by atoms with Gasteiger partial charge in [-0.25, -0.2) is 0 Å². The maximum atomic E-state index is 12.3. The second-order valence-electron chi connectivity index (χ2n) is 6.79. The molecule has 0 heterocycles. The number of carbonyl (C=O) groups is 2. The van der Waals surface area contributed by atoms with Gasteiger partial charge in [0.15, 0.2) is 0 Å². The van der Waals surface area contributed by atoms with Gasteiger partial charge in [0.2, 0.25) is 5.91 Å². The Kier molecular flexibility index (Phi) is 5.25. The quantitative estimate of drug-likeness (QED) is 0.750. The minimum absolute atomic E-state index is 0.0746. The fraction of sp³-hybridized carbons (Fsp3) is 0.875. The number of nitrogens with one attached hydrogen (secondary N) is 1. The van der Waals surface area contributed by atoms with Crippen molar-refractivity contribution in [1.82, 2.24) is 10.2 Å². The number of carboxylic acid groups (broad SMARTS) is 1. The molecule has 0 aromatic carbocycles. The highest BCUT2D eigenvalue weighted by Crippen LogP contribution is 2.38. The molecule has 2 aliphatic rings. The lowest BCUT2D eigenvalue weighted by Crippen LogP contribution is -2.44. The lowest BCUT2D eigenvalue weighted by Gasteiger charge is -2.25. The molecular weight excluding hydrogens is 268 g/mol. The van der Waals surface area contributed by atoms with E-state index in [0.29, 0.717) is 37.4 Å². The molecule has 2 N–H and O–H groups in total. The van der Waals surface area contributed by atoms with Crippen molar-refractivity contribution in [2.75, 3.05) is 13.6 Å². The van der Waals surface area contributed by atoms with E-state index in [2.05, 4.69) is 31.1 Å². The van der Waals surface area contributed by atoms with Crippen LogP contribution >= 0.6 is 0 Å². The van der Waals surface area contributed by atoms with Crippen molar-refractivity contribution < 1.29 is 14.7 Å². The summed E-state index contributed by atoms with van der Waals surface area (Å²) in [7, 11) is 2.09. The first-order valence-electron chi connectivity index (χ1n) is 8.16. The van der Waals surface area contributed by atoms with E-state index in [0.717, 1.165) is 6.42 Å². The Morgan fingerprint density at radius 1 is 1.29 bits per heavy atom. The van der Waals surface area contributed by atoms with E-state index < -0.39 is 11.9 Å². The third kappa shape index (κ3) is 3.96. The predicted molar refractivity (Wildman–Crippen MR) is 80.9 cm³/mol. The van der Waals surface area contributed by atoms with Gasteiger partial charge in [-0.3, -0.25) is 14.5 Å². The topological polar surface area (TPSA) is 69.6 Å². The Balaban J connectivity index is 1.84. The van der Waals surface area contributed by atoms with Crippen LogP contribution in [0.25, 0.3) is 0 Å². The molecule has 0 spiro atoms. The van der Waals surface area contributed by atoms with E-state index in [1.54, 1.807) is 0 Å². The lowest BCUT2D eigenvalue weighted by molar-refractivity contribution is -0.146. The van der Waals surface area contributed by atoms with Gasteiger partial charge in [0, 0.05) is 18.6 Å². The van der Waals surface area contributed by atoms with E-state index in [-0.39, 0.29) is 11.8 Å². The Morgan fingerprint density at radius 3 is 2.43 bits per heavy atom. The minimum Gasteiger partial charge on any atom is -0.481 e. The van der Waals surface area contributed by atoms with Gasteiger partial charge >= 0.3 is 5.97 Å². The first-order chi connectivity index (χ1) is 9.93. The Bertz CT molecular complexity index is 395. The van der Waals surface area contributed by atoms with Crippen LogP contribution in [0.3, 0.4) is 0 Å². The van der Waals surface area contributed by atoms with Crippen LogP contribution in [-0.2, 0) is 9.59 Å². The molecule has 0 aromatic rings. The van der Waals surface area contributed by atoms with Crippen molar-refractivity contribution in [3.05, 3.63) is 0 Å². The van der Waals surface area contributed by atoms with Crippen LogP contribution in [0.4, 0.5) is 0 Å². The summed E-state index contributed by atoms with van der Waals surface area (Å²) in [6, 6.07) is 0.965. The highest BCUT2D eigenvalue weighted by atomic mass is 16.4. The summed E-state index contributed by atoms with van der Waals surface area (Å²) in [5.74, 6) is -1.39. The first kappa shape index (κ1) is 16.3. The van der Waals surface area contributed by atoms with Gasteiger partial charge in [-0.15, -0.1) is 0 Å². The van der Waals surface area contributed by atoms with Crippen LogP contribution < -0.4 is 5.32 Å². The summed E-state index contributed by atoms with van der Waals surface area (Å²) in [6.45, 7) is 4.78. The summed E-state index contributed by atoms with van der Waals surface area (Å²) in [6.07, 6.45) is 4.80. The van der Waals surface area contributed by atoms with Crippen LogP contribution in [0.5, 0.6) is 0 Å². The van der Waals surface area contributed by atoms with E-state index in [1.165, 1.54) is 12.8 Å². The fourth-order valence-electron chi connectivity index (χ4n) is 3.40. The smallest absolute Gasteiger partial charge is 0.307 e. The number of nitrogens with zero attached hydrogens (tertiary/aromatic N) is 1. The van der Waals surface area contributed by atoms with Crippen molar-refractivity contribution in [2.24, 2.45) is 17.8 Å². The summed E-state index contributed by atoms with van der Waals surface area (Å²) < 4.78 is 0. The molecule has 21 heavy (non-hydrogen) atoms. The van der Waals surface area contributed by atoms with E-state index in [4.69, 9.17) is 0 Å². The summed E-state index contributed by atoms with van der Waals surface area (Å²) in [5, 5.41) is 12.3. The molecule has 4 atom stereocenters. The largest absolute Gasteiger partial charge is 0.481 e. The fourth-order valence-corrected chi connectivity index (χ4v) is 3.40. The van der Waals surface area contributed by atoms with E-state index >= 15 is 0 Å². The van der Waals surface area contributed by atoms with Crippen LogP contribution in [0.1, 0.15) is 46.0 Å². The van der Waals surface area contributed by atoms with Crippen molar-refractivity contribution in [1.29, 1.82) is 0 Å². The second-order valence-corrected chi connectivity index (χ2v) is 6.79. The Morgan fingerprint density at radius 2 is 1.90 bits per heavy atom. The molecule has 120 valence electrons. The summed E-state index contributed by atoms with van der Waals surface area (Å²) in [5.41, 5.74) is 0. The molecule has 5 heteroatoms.